The molecule has 0 aromatic heterocycles. The zero-order valence-electron chi connectivity index (χ0n) is 11.4. The first kappa shape index (κ1) is 12.7. The van der Waals surface area contributed by atoms with E-state index in [1.807, 2.05) is 12.1 Å². The van der Waals surface area contributed by atoms with Crippen molar-refractivity contribution in [1.82, 2.24) is 0 Å². The Balaban J connectivity index is 1.85. The Morgan fingerprint density at radius 1 is 0.762 bits per heavy atom. The Labute approximate surface area is 132 Å². The van der Waals surface area contributed by atoms with E-state index in [1.165, 1.54) is 27.8 Å². The molecular weight excluding hydrogens is 322 g/mol. The second-order valence-corrected chi connectivity index (χ2v) is 6.35. The second kappa shape index (κ2) is 4.74. The van der Waals surface area contributed by atoms with E-state index < -0.39 is 0 Å². The standard InChI is InChI=1S/C19H14BrN/c20-15-6-8-19(21)18(11-15)13-5-7-17-14(10-13)9-12-3-1-2-4-16(12)17/h1-8,10-11H,9,21H2. The van der Waals surface area contributed by atoms with Gasteiger partial charge in [-0.25, -0.2) is 0 Å². The lowest BCUT2D eigenvalue weighted by atomic mass is 9.98. The molecule has 0 amide bonds. The van der Waals surface area contributed by atoms with Gasteiger partial charge in [-0.2, -0.15) is 0 Å². The first-order valence-corrected chi connectivity index (χ1v) is 7.78. The third-order valence-corrected chi connectivity index (χ3v) is 4.61. The van der Waals surface area contributed by atoms with Gasteiger partial charge in [0, 0.05) is 15.7 Å². The van der Waals surface area contributed by atoms with E-state index >= 15 is 0 Å². The summed E-state index contributed by atoms with van der Waals surface area (Å²) in [6, 6.07) is 21.3. The van der Waals surface area contributed by atoms with E-state index in [1.54, 1.807) is 0 Å². The van der Waals surface area contributed by atoms with Gasteiger partial charge in [-0.05, 0) is 52.4 Å². The summed E-state index contributed by atoms with van der Waals surface area (Å²) in [5, 5.41) is 0. The molecule has 0 saturated carbocycles. The predicted octanol–water partition coefficient (Wildman–Crippen LogP) is 5.27. The van der Waals surface area contributed by atoms with Gasteiger partial charge >= 0.3 is 0 Å². The van der Waals surface area contributed by atoms with Crippen molar-refractivity contribution in [2.45, 2.75) is 6.42 Å². The van der Waals surface area contributed by atoms with Crippen LogP contribution in [0.2, 0.25) is 0 Å². The molecule has 21 heavy (non-hydrogen) atoms. The molecule has 1 nitrogen and oxygen atoms in total. The molecule has 102 valence electrons. The van der Waals surface area contributed by atoms with Crippen molar-refractivity contribution in [3.63, 3.8) is 0 Å². The van der Waals surface area contributed by atoms with Gasteiger partial charge in [0.25, 0.3) is 0 Å². The van der Waals surface area contributed by atoms with Crippen molar-refractivity contribution in [3.8, 4) is 22.3 Å². The fraction of sp³-hybridized carbons (Fsp3) is 0.0526. The van der Waals surface area contributed by atoms with E-state index in [9.17, 15) is 0 Å². The molecule has 1 aliphatic rings. The number of nitrogen functional groups attached to an aromatic ring is 1. The number of benzene rings is 3. The van der Waals surface area contributed by atoms with Crippen LogP contribution in [0.1, 0.15) is 11.1 Å². The van der Waals surface area contributed by atoms with Crippen LogP contribution in [0, 0.1) is 0 Å². The third-order valence-electron chi connectivity index (χ3n) is 4.12. The predicted molar refractivity (Wildman–Crippen MR) is 92.2 cm³/mol. The summed E-state index contributed by atoms with van der Waals surface area (Å²) in [6.45, 7) is 0. The summed E-state index contributed by atoms with van der Waals surface area (Å²) in [5.74, 6) is 0. The van der Waals surface area contributed by atoms with Gasteiger partial charge in [-0.15, -0.1) is 0 Å². The first-order chi connectivity index (χ1) is 10.2. The van der Waals surface area contributed by atoms with Crippen molar-refractivity contribution in [1.29, 1.82) is 0 Å². The molecule has 0 aliphatic heterocycles. The van der Waals surface area contributed by atoms with Crippen molar-refractivity contribution < 1.29 is 0 Å². The lowest BCUT2D eigenvalue weighted by Gasteiger charge is -2.09. The minimum Gasteiger partial charge on any atom is -0.398 e. The largest absolute Gasteiger partial charge is 0.398 e. The SMILES string of the molecule is Nc1ccc(Br)cc1-c1ccc2c(c1)Cc1ccccc1-2. The topological polar surface area (TPSA) is 26.0 Å². The average molecular weight is 336 g/mol. The van der Waals surface area contributed by atoms with Crippen LogP contribution in [0.3, 0.4) is 0 Å². The van der Waals surface area contributed by atoms with Crippen molar-refractivity contribution >= 4 is 21.6 Å². The van der Waals surface area contributed by atoms with Gasteiger partial charge in [-0.3, -0.25) is 0 Å². The van der Waals surface area contributed by atoms with Crippen LogP contribution in [0.25, 0.3) is 22.3 Å². The van der Waals surface area contributed by atoms with Crippen molar-refractivity contribution in [2.75, 3.05) is 5.73 Å². The van der Waals surface area contributed by atoms with Crippen LogP contribution in [0.4, 0.5) is 5.69 Å². The number of anilines is 1. The molecule has 0 radical (unpaired) electrons. The van der Waals surface area contributed by atoms with E-state index in [4.69, 9.17) is 5.73 Å². The Morgan fingerprint density at radius 3 is 2.48 bits per heavy atom. The van der Waals surface area contributed by atoms with Gasteiger partial charge in [0.15, 0.2) is 0 Å². The summed E-state index contributed by atoms with van der Waals surface area (Å²) < 4.78 is 1.05. The van der Waals surface area contributed by atoms with Crippen LogP contribution in [-0.4, -0.2) is 0 Å². The third kappa shape index (κ3) is 2.07. The summed E-state index contributed by atoms with van der Waals surface area (Å²) in [6.07, 6.45) is 1.01. The lowest BCUT2D eigenvalue weighted by molar-refractivity contribution is 1.26. The molecule has 0 unspecified atom stereocenters. The highest BCUT2D eigenvalue weighted by molar-refractivity contribution is 9.10. The van der Waals surface area contributed by atoms with Crippen molar-refractivity contribution in [3.05, 3.63) is 76.3 Å². The van der Waals surface area contributed by atoms with Gasteiger partial charge < -0.3 is 5.73 Å². The molecule has 2 N–H and O–H groups in total. The quantitative estimate of drug-likeness (QED) is 0.471. The maximum Gasteiger partial charge on any atom is 0.0394 e. The monoisotopic (exact) mass is 335 g/mol. The Morgan fingerprint density at radius 2 is 1.57 bits per heavy atom. The minimum absolute atomic E-state index is 0.814. The van der Waals surface area contributed by atoms with E-state index in [0.29, 0.717) is 0 Å². The molecule has 0 bridgehead atoms. The zero-order valence-corrected chi connectivity index (χ0v) is 13.0. The van der Waals surface area contributed by atoms with Gasteiger partial charge in [-0.1, -0.05) is 58.4 Å². The normalized spacial score (nSPS) is 12.0. The molecule has 2 heteroatoms. The van der Waals surface area contributed by atoms with Crippen LogP contribution < -0.4 is 5.73 Å². The summed E-state index contributed by atoms with van der Waals surface area (Å²) in [5.41, 5.74) is 14.7. The maximum absolute atomic E-state index is 6.13. The van der Waals surface area contributed by atoms with Crippen LogP contribution in [0.15, 0.2) is 65.1 Å². The molecule has 0 fully saturated rings. The highest BCUT2D eigenvalue weighted by atomic mass is 79.9. The zero-order chi connectivity index (χ0) is 14.4. The van der Waals surface area contributed by atoms with Gasteiger partial charge in [0.1, 0.15) is 0 Å². The smallest absolute Gasteiger partial charge is 0.0394 e. The maximum atomic E-state index is 6.13. The Bertz CT molecular complexity index is 852. The first-order valence-electron chi connectivity index (χ1n) is 6.99. The van der Waals surface area contributed by atoms with E-state index in [-0.39, 0.29) is 0 Å². The number of rotatable bonds is 1. The van der Waals surface area contributed by atoms with Gasteiger partial charge in [0.2, 0.25) is 0 Å². The number of halogens is 1. The molecule has 0 atom stereocenters. The van der Waals surface area contributed by atoms with Gasteiger partial charge in [0.05, 0.1) is 0 Å². The Hall–Kier alpha value is -2.06. The highest BCUT2D eigenvalue weighted by Gasteiger charge is 2.18. The average Bonchev–Trinajstić information content (AvgIpc) is 2.87. The molecule has 0 spiro atoms. The molecule has 1 aliphatic carbocycles. The molecule has 0 heterocycles. The van der Waals surface area contributed by atoms with Crippen molar-refractivity contribution in [2.24, 2.45) is 0 Å². The fourth-order valence-corrected chi connectivity index (χ4v) is 3.45. The van der Waals surface area contributed by atoms with E-state index in [2.05, 4.69) is 64.5 Å². The van der Waals surface area contributed by atoms with E-state index in [0.717, 1.165) is 22.1 Å². The molecule has 3 aromatic carbocycles. The minimum atomic E-state index is 0.814. The van der Waals surface area contributed by atoms with Crippen LogP contribution in [0.5, 0.6) is 0 Å². The lowest BCUT2D eigenvalue weighted by Crippen LogP contribution is -1.91. The summed E-state index contributed by atoms with van der Waals surface area (Å²) in [7, 11) is 0. The molecule has 4 rings (SSSR count). The second-order valence-electron chi connectivity index (χ2n) is 5.44. The van der Waals surface area contributed by atoms with Crippen LogP contribution in [-0.2, 0) is 6.42 Å². The summed E-state index contributed by atoms with van der Waals surface area (Å²) >= 11 is 3.52. The molecule has 0 saturated heterocycles. The highest BCUT2D eigenvalue weighted by Crippen LogP contribution is 2.39. The number of fused-ring (bicyclic) bond motifs is 3. The molecular formula is C19H14BrN. The van der Waals surface area contributed by atoms with Crippen LogP contribution >= 0.6 is 15.9 Å². The number of nitrogens with two attached hydrogens (primary N) is 1. The number of hydrogen-bond acceptors (Lipinski definition) is 1. The molecule has 3 aromatic rings. The fourth-order valence-electron chi connectivity index (χ4n) is 3.09. The number of hydrogen-bond donors (Lipinski definition) is 1. The summed E-state index contributed by atoms with van der Waals surface area (Å²) in [4.78, 5) is 0. The Kier molecular flexibility index (Phi) is 2.86.